The zero-order valence-corrected chi connectivity index (χ0v) is 12.1. The van der Waals surface area contributed by atoms with Crippen LogP contribution in [-0.4, -0.2) is 4.98 Å². The Kier molecular flexibility index (Phi) is 3.62. The molecule has 0 spiro atoms. The molecule has 0 unspecified atom stereocenters. The van der Waals surface area contributed by atoms with Crippen LogP contribution < -0.4 is 56.5 Å². The van der Waals surface area contributed by atoms with Gasteiger partial charge in [-0.3, -0.25) is 0 Å². The van der Waals surface area contributed by atoms with E-state index in [2.05, 4.69) is 4.98 Å². The Bertz CT molecular complexity index is 652. The van der Waals surface area contributed by atoms with Crippen molar-refractivity contribution in [3.63, 3.8) is 0 Å². The largest absolute Gasteiger partial charge is 1.00 e. The third kappa shape index (κ3) is 2.01. The monoisotopic (exact) mass is 233 g/mol. The van der Waals surface area contributed by atoms with Crippen LogP contribution in [0.4, 0.5) is 0 Å². The molecule has 16 heavy (non-hydrogen) atoms. The van der Waals surface area contributed by atoms with Gasteiger partial charge in [-0.2, -0.15) is 0 Å². The Morgan fingerprint density at radius 1 is 0.875 bits per heavy atom. The molecule has 2 aromatic carbocycles. The van der Waals surface area contributed by atoms with Crippen LogP contribution in [0.3, 0.4) is 0 Å². The van der Waals surface area contributed by atoms with Crippen LogP contribution in [0, 0.1) is 0 Å². The molecular weight excluding hydrogens is 225 g/mol. The second-order valence-corrected chi connectivity index (χ2v) is 3.51. The first-order valence-electron chi connectivity index (χ1n) is 4.80. The van der Waals surface area contributed by atoms with Crippen molar-refractivity contribution in [2.75, 3.05) is 0 Å². The number of aromatic nitrogens is 1. The summed E-state index contributed by atoms with van der Waals surface area (Å²) in [4.78, 5) is 4.36. The first-order chi connectivity index (χ1) is 7.34. The molecule has 72 valence electrons. The van der Waals surface area contributed by atoms with Crippen LogP contribution in [0.2, 0.25) is 0 Å². The van der Waals surface area contributed by atoms with E-state index in [1.54, 1.807) is 12.1 Å². The van der Waals surface area contributed by atoms with Gasteiger partial charge in [-0.15, -0.1) is 0 Å². The van der Waals surface area contributed by atoms with Gasteiger partial charge in [-0.1, -0.05) is 42.1 Å². The van der Waals surface area contributed by atoms with Crippen molar-refractivity contribution in [2.24, 2.45) is 0 Å². The fourth-order valence-electron chi connectivity index (χ4n) is 1.77. The number of hydrogen-bond donors (Lipinski definition) is 0. The van der Waals surface area contributed by atoms with Crippen LogP contribution in [0.15, 0.2) is 48.5 Å². The third-order valence-electron chi connectivity index (χ3n) is 2.51. The average molecular weight is 233 g/mol. The molecule has 0 saturated heterocycles. The Balaban J connectivity index is 0.000000963. The van der Waals surface area contributed by atoms with Crippen molar-refractivity contribution in [3.8, 4) is 5.75 Å². The van der Waals surface area contributed by atoms with E-state index in [1.807, 2.05) is 36.4 Å². The maximum absolute atomic E-state index is 11.6. The van der Waals surface area contributed by atoms with Crippen LogP contribution in [0.25, 0.3) is 21.8 Å². The summed E-state index contributed by atoms with van der Waals surface area (Å²) in [6.07, 6.45) is 0. The van der Waals surface area contributed by atoms with Gasteiger partial charge < -0.3 is 5.11 Å². The minimum Gasteiger partial charge on any atom is -0.871 e. The minimum atomic E-state index is -0.0155. The SMILES string of the molecule is [K+].[O-]c1cccc2cc3ccccc3nc12. The van der Waals surface area contributed by atoms with E-state index >= 15 is 0 Å². The van der Waals surface area contributed by atoms with Gasteiger partial charge in [-0.05, 0) is 12.1 Å². The Morgan fingerprint density at radius 3 is 2.50 bits per heavy atom. The normalized spacial score (nSPS) is 10.2. The smallest absolute Gasteiger partial charge is 0.871 e. The minimum absolute atomic E-state index is 0. The van der Waals surface area contributed by atoms with E-state index < -0.39 is 0 Å². The topological polar surface area (TPSA) is 36.0 Å². The maximum atomic E-state index is 11.6. The average Bonchev–Trinajstić information content (AvgIpc) is 2.27. The van der Waals surface area contributed by atoms with Crippen molar-refractivity contribution < 1.29 is 56.5 Å². The van der Waals surface area contributed by atoms with E-state index in [9.17, 15) is 5.11 Å². The molecule has 0 radical (unpaired) electrons. The molecule has 2 nitrogen and oxygen atoms in total. The summed E-state index contributed by atoms with van der Waals surface area (Å²) in [6, 6.07) is 15.0. The van der Waals surface area contributed by atoms with Crippen molar-refractivity contribution in [1.29, 1.82) is 0 Å². The van der Waals surface area contributed by atoms with Crippen LogP contribution in [-0.2, 0) is 0 Å². The molecule has 0 fully saturated rings. The zero-order chi connectivity index (χ0) is 10.3. The van der Waals surface area contributed by atoms with E-state index in [0.717, 1.165) is 16.3 Å². The standard InChI is InChI=1S/C13H9NO.K/c15-12-7-3-5-10-8-9-4-1-2-6-11(9)14-13(10)12;/h1-8,15H;/q;+1/p-1. The molecule has 0 bridgehead atoms. The van der Waals surface area contributed by atoms with E-state index in [1.165, 1.54) is 0 Å². The summed E-state index contributed by atoms with van der Waals surface area (Å²) in [5.41, 5.74) is 1.42. The molecule has 0 aliphatic carbocycles. The summed E-state index contributed by atoms with van der Waals surface area (Å²) in [5.74, 6) is -0.0155. The first-order valence-corrected chi connectivity index (χ1v) is 4.80. The molecule has 1 aromatic heterocycles. The number of nitrogens with zero attached hydrogens (tertiary/aromatic N) is 1. The molecule has 0 aliphatic rings. The van der Waals surface area contributed by atoms with Gasteiger partial charge >= 0.3 is 51.4 Å². The fraction of sp³-hybridized carbons (Fsp3) is 0. The van der Waals surface area contributed by atoms with E-state index in [0.29, 0.717) is 5.52 Å². The van der Waals surface area contributed by atoms with Crippen LogP contribution in [0.5, 0.6) is 5.75 Å². The predicted molar refractivity (Wildman–Crippen MR) is 58.7 cm³/mol. The molecular formula is C13H8KNO. The quantitative estimate of drug-likeness (QED) is 0.386. The van der Waals surface area contributed by atoms with Gasteiger partial charge in [0.2, 0.25) is 0 Å². The van der Waals surface area contributed by atoms with Crippen molar-refractivity contribution in [2.45, 2.75) is 0 Å². The van der Waals surface area contributed by atoms with Gasteiger partial charge in [0.15, 0.2) is 0 Å². The molecule has 0 amide bonds. The van der Waals surface area contributed by atoms with Crippen molar-refractivity contribution in [1.82, 2.24) is 4.98 Å². The van der Waals surface area contributed by atoms with Crippen molar-refractivity contribution >= 4 is 21.8 Å². The number of pyridine rings is 1. The summed E-state index contributed by atoms with van der Waals surface area (Å²) >= 11 is 0. The van der Waals surface area contributed by atoms with Gasteiger partial charge in [0.05, 0.1) is 11.0 Å². The van der Waals surface area contributed by atoms with Gasteiger partial charge in [0.25, 0.3) is 0 Å². The fourth-order valence-corrected chi connectivity index (χ4v) is 1.77. The Labute approximate surface area is 136 Å². The summed E-state index contributed by atoms with van der Waals surface area (Å²) in [6.45, 7) is 0. The third-order valence-corrected chi connectivity index (χ3v) is 2.51. The maximum Gasteiger partial charge on any atom is 1.00 e. The predicted octanol–water partition coefficient (Wildman–Crippen LogP) is -0.534. The molecule has 3 heteroatoms. The van der Waals surface area contributed by atoms with E-state index in [-0.39, 0.29) is 57.1 Å². The molecule has 1 heterocycles. The molecule has 0 atom stereocenters. The first kappa shape index (κ1) is 12.0. The number of benzene rings is 2. The van der Waals surface area contributed by atoms with Gasteiger partial charge in [-0.25, -0.2) is 4.98 Å². The molecule has 3 aromatic rings. The zero-order valence-electron chi connectivity index (χ0n) is 8.97. The molecule has 0 aliphatic heterocycles. The molecule has 0 saturated carbocycles. The summed E-state index contributed by atoms with van der Waals surface area (Å²) in [5, 5.41) is 13.5. The molecule has 0 N–H and O–H groups in total. The second-order valence-electron chi connectivity index (χ2n) is 3.51. The van der Waals surface area contributed by atoms with Gasteiger partial charge in [0, 0.05) is 10.8 Å². The van der Waals surface area contributed by atoms with E-state index in [4.69, 9.17) is 0 Å². The number of para-hydroxylation sites is 2. The van der Waals surface area contributed by atoms with Crippen molar-refractivity contribution in [3.05, 3.63) is 48.5 Å². The van der Waals surface area contributed by atoms with Crippen LogP contribution >= 0.6 is 0 Å². The summed E-state index contributed by atoms with van der Waals surface area (Å²) < 4.78 is 0. The Morgan fingerprint density at radius 2 is 1.62 bits per heavy atom. The van der Waals surface area contributed by atoms with Gasteiger partial charge in [0.1, 0.15) is 0 Å². The number of fused-ring (bicyclic) bond motifs is 2. The number of hydrogen-bond acceptors (Lipinski definition) is 2. The van der Waals surface area contributed by atoms with Crippen LogP contribution in [0.1, 0.15) is 0 Å². The number of rotatable bonds is 0. The Hall–Kier alpha value is -0.454. The summed E-state index contributed by atoms with van der Waals surface area (Å²) in [7, 11) is 0. The molecule has 3 rings (SSSR count). The second kappa shape index (κ2) is 4.81.